The maximum Gasteiger partial charge on any atom is 0.243 e. The monoisotopic (exact) mass is 261 g/mol. The molecule has 1 aliphatic rings. The van der Waals surface area contributed by atoms with E-state index in [1.54, 1.807) is 5.01 Å². The van der Waals surface area contributed by atoms with Crippen LogP contribution in [0.15, 0.2) is 12.1 Å². The van der Waals surface area contributed by atoms with E-state index in [1.165, 1.54) is 5.56 Å². The van der Waals surface area contributed by atoms with Crippen molar-refractivity contribution in [3.63, 3.8) is 0 Å². The highest BCUT2D eigenvalue weighted by Gasteiger charge is 2.27. The Hall–Kier alpha value is -1.39. The maximum absolute atomic E-state index is 12.3. The van der Waals surface area contributed by atoms with Gasteiger partial charge < -0.3 is 5.32 Å². The van der Waals surface area contributed by atoms with Gasteiger partial charge in [-0.1, -0.05) is 17.7 Å². The van der Waals surface area contributed by atoms with E-state index in [2.05, 4.69) is 24.4 Å². The molecule has 1 aliphatic heterocycles. The Bertz CT molecular complexity index is 461. The Balaban J connectivity index is 2.14. The summed E-state index contributed by atoms with van der Waals surface area (Å²) in [6.07, 6.45) is 2.98. The maximum atomic E-state index is 12.3. The second kappa shape index (κ2) is 5.72. The van der Waals surface area contributed by atoms with Crippen molar-refractivity contribution in [2.75, 3.05) is 11.9 Å². The average Bonchev–Trinajstić information content (AvgIpc) is 2.34. The predicted molar refractivity (Wildman–Crippen MR) is 77.8 cm³/mol. The van der Waals surface area contributed by atoms with Gasteiger partial charge in [-0.3, -0.25) is 10.6 Å². The first-order chi connectivity index (χ1) is 8.99. The molecule has 19 heavy (non-hydrogen) atoms. The van der Waals surface area contributed by atoms with Gasteiger partial charge in [-0.25, -0.2) is 5.01 Å². The molecule has 0 aliphatic carbocycles. The van der Waals surface area contributed by atoms with Gasteiger partial charge in [0.2, 0.25) is 5.91 Å². The zero-order valence-corrected chi connectivity index (χ0v) is 12.0. The van der Waals surface area contributed by atoms with Gasteiger partial charge in [0.15, 0.2) is 0 Å². The Morgan fingerprint density at radius 1 is 1.26 bits per heavy atom. The van der Waals surface area contributed by atoms with Crippen LogP contribution in [0.5, 0.6) is 0 Å². The molecule has 1 heterocycles. The van der Waals surface area contributed by atoms with Crippen molar-refractivity contribution in [1.82, 2.24) is 5.01 Å². The van der Waals surface area contributed by atoms with E-state index in [1.807, 2.05) is 13.8 Å². The number of nitrogens with zero attached hydrogens (tertiary/aromatic N) is 1. The fraction of sp³-hybridized carbons (Fsp3) is 0.533. The van der Waals surface area contributed by atoms with E-state index in [0.29, 0.717) is 0 Å². The number of rotatable bonds is 2. The summed E-state index contributed by atoms with van der Waals surface area (Å²) in [5, 5.41) is 4.71. The standard InChI is InChI=1S/C15H23N3O/c1-10-8-11(2)14(12(3)9-10)17-15(19)13-6-4-5-7-18(13)16/h8-9,13H,4-7,16H2,1-3H3,(H,17,19)/t13-/m1/s1. The van der Waals surface area contributed by atoms with Gasteiger partial charge in [0.05, 0.1) is 0 Å². The number of carbonyl (C=O) groups excluding carboxylic acids is 1. The third-order valence-electron chi connectivity index (χ3n) is 3.77. The second-order valence-corrected chi connectivity index (χ2v) is 5.51. The van der Waals surface area contributed by atoms with Gasteiger partial charge in [0.1, 0.15) is 6.04 Å². The van der Waals surface area contributed by atoms with E-state index < -0.39 is 0 Å². The number of hydrogen-bond donors (Lipinski definition) is 2. The normalized spacial score (nSPS) is 20.3. The van der Waals surface area contributed by atoms with Crippen molar-refractivity contribution in [2.24, 2.45) is 5.84 Å². The third-order valence-corrected chi connectivity index (χ3v) is 3.77. The zero-order chi connectivity index (χ0) is 14.0. The average molecular weight is 261 g/mol. The number of amides is 1. The van der Waals surface area contributed by atoms with Crippen LogP contribution in [0.2, 0.25) is 0 Å². The first-order valence-electron chi connectivity index (χ1n) is 6.89. The summed E-state index contributed by atoms with van der Waals surface area (Å²) in [6, 6.07) is 3.97. The lowest BCUT2D eigenvalue weighted by Gasteiger charge is -2.31. The number of benzene rings is 1. The molecule has 0 bridgehead atoms. The molecule has 0 saturated carbocycles. The van der Waals surface area contributed by atoms with Gasteiger partial charge in [-0.15, -0.1) is 0 Å². The number of piperidine rings is 1. The molecule has 4 nitrogen and oxygen atoms in total. The quantitative estimate of drug-likeness (QED) is 0.803. The fourth-order valence-electron chi connectivity index (χ4n) is 2.82. The minimum Gasteiger partial charge on any atom is -0.324 e. The lowest BCUT2D eigenvalue weighted by atomic mass is 10.0. The Labute approximate surface area is 114 Å². The molecule has 1 saturated heterocycles. The van der Waals surface area contributed by atoms with Crippen LogP contribution < -0.4 is 11.2 Å². The van der Waals surface area contributed by atoms with Crippen molar-refractivity contribution < 1.29 is 4.79 Å². The molecular weight excluding hydrogens is 238 g/mol. The number of aryl methyl sites for hydroxylation is 3. The van der Waals surface area contributed by atoms with Crippen molar-refractivity contribution in [2.45, 2.75) is 46.1 Å². The van der Waals surface area contributed by atoms with Crippen molar-refractivity contribution in [3.8, 4) is 0 Å². The summed E-state index contributed by atoms with van der Waals surface area (Å²) >= 11 is 0. The lowest BCUT2D eigenvalue weighted by molar-refractivity contribution is -0.122. The predicted octanol–water partition coefficient (Wildman–Crippen LogP) is 2.28. The Kier molecular flexibility index (Phi) is 4.22. The SMILES string of the molecule is Cc1cc(C)c(NC(=O)[C@H]2CCCCN2N)c(C)c1. The number of anilines is 1. The van der Waals surface area contributed by atoms with Crippen LogP contribution in [0, 0.1) is 20.8 Å². The van der Waals surface area contributed by atoms with Gasteiger partial charge in [-0.05, 0) is 51.2 Å². The lowest BCUT2D eigenvalue weighted by Crippen LogP contribution is -2.50. The fourth-order valence-corrected chi connectivity index (χ4v) is 2.82. The molecule has 0 spiro atoms. The molecule has 1 aromatic rings. The number of nitrogens with two attached hydrogens (primary N) is 1. The second-order valence-electron chi connectivity index (χ2n) is 5.51. The van der Waals surface area contributed by atoms with Gasteiger partial charge in [0, 0.05) is 12.2 Å². The molecule has 1 amide bonds. The van der Waals surface area contributed by atoms with Crippen LogP contribution in [-0.2, 0) is 4.79 Å². The molecule has 1 atom stereocenters. The van der Waals surface area contributed by atoms with E-state index >= 15 is 0 Å². The van der Waals surface area contributed by atoms with E-state index in [4.69, 9.17) is 5.84 Å². The van der Waals surface area contributed by atoms with Crippen molar-refractivity contribution in [3.05, 3.63) is 28.8 Å². The molecule has 3 N–H and O–H groups in total. The minimum absolute atomic E-state index is 0.0113. The number of carbonyl (C=O) groups is 1. The molecule has 1 fully saturated rings. The van der Waals surface area contributed by atoms with Gasteiger partial charge >= 0.3 is 0 Å². The Morgan fingerprint density at radius 2 is 1.89 bits per heavy atom. The minimum atomic E-state index is -0.200. The number of hydrogen-bond acceptors (Lipinski definition) is 3. The molecule has 0 radical (unpaired) electrons. The topological polar surface area (TPSA) is 58.4 Å². The Morgan fingerprint density at radius 3 is 2.47 bits per heavy atom. The number of hydrazine groups is 1. The van der Waals surface area contributed by atoms with E-state index in [0.717, 1.165) is 42.6 Å². The van der Waals surface area contributed by atoms with Crippen LogP contribution in [0.1, 0.15) is 36.0 Å². The summed E-state index contributed by atoms with van der Waals surface area (Å²) in [6.45, 7) is 6.91. The first kappa shape index (κ1) is 14.0. The largest absolute Gasteiger partial charge is 0.324 e. The summed E-state index contributed by atoms with van der Waals surface area (Å²) < 4.78 is 0. The van der Waals surface area contributed by atoms with Crippen molar-refractivity contribution in [1.29, 1.82) is 0 Å². The summed E-state index contributed by atoms with van der Waals surface area (Å²) in [5.74, 6) is 5.92. The summed E-state index contributed by atoms with van der Waals surface area (Å²) in [5.41, 5.74) is 4.34. The molecule has 0 unspecified atom stereocenters. The molecule has 0 aromatic heterocycles. The molecule has 1 aromatic carbocycles. The molecule has 2 rings (SSSR count). The highest BCUT2D eigenvalue weighted by molar-refractivity contribution is 5.96. The van der Waals surface area contributed by atoms with Crippen molar-refractivity contribution >= 4 is 11.6 Å². The van der Waals surface area contributed by atoms with Crippen LogP contribution in [0.4, 0.5) is 5.69 Å². The highest BCUT2D eigenvalue weighted by Crippen LogP contribution is 2.23. The van der Waals surface area contributed by atoms with Gasteiger partial charge in [-0.2, -0.15) is 0 Å². The van der Waals surface area contributed by atoms with E-state index in [-0.39, 0.29) is 11.9 Å². The molecule has 4 heteroatoms. The zero-order valence-electron chi connectivity index (χ0n) is 12.0. The molecule has 104 valence electrons. The smallest absolute Gasteiger partial charge is 0.243 e. The van der Waals surface area contributed by atoms with Crippen LogP contribution in [-0.4, -0.2) is 23.5 Å². The molecular formula is C15H23N3O. The van der Waals surface area contributed by atoms with Crippen LogP contribution in [0.25, 0.3) is 0 Å². The van der Waals surface area contributed by atoms with Gasteiger partial charge in [0.25, 0.3) is 0 Å². The van der Waals surface area contributed by atoms with Crippen LogP contribution >= 0.6 is 0 Å². The summed E-state index contributed by atoms with van der Waals surface area (Å²) in [7, 11) is 0. The van der Waals surface area contributed by atoms with Crippen LogP contribution in [0.3, 0.4) is 0 Å². The number of nitrogens with one attached hydrogen (secondary N) is 1. The third kappa shape index (κ3) is 3.14. The first-order valence-corrected chi connectivity index (χ1v) is 6.89. The summed E-state index contributed by atoms with van der Waals surface area (Å²) in [4.78, 5) is 12.3. The van der Waals surface area contributed by atoms with E-state index in [9.17, 15) is 4.79 Å². The highest BCUT2D eigenvalue weighted by atomic mass is 16.2.